The fourth-order valence-electron chi connectivity index (χ4n) is 1.85. The fraction of sp³-hybridized carbons (Fsp3) is 0.750. The molecule has 1 aromatic heterocycles. The van der Waals surface area contributed by atoms with Crippen LogP contribution in [-0.2, 0) is 19.9 Å². The fourth-order valence-corrected chi connectivity index (χ4v) is 2.21. The van der Waals surface area contributed by atoms with Gasteiger partial charge in [0.1, 0.15) is 0 Å². The van der Waals surface area contributed by atoms with Crippen molar-refractivity contribution in [3.8, 4) is 0 Å². The van der Waals surface area contributed by atoms with Crippen molar-refractivity contribution >= 4 is 11.6 Å². The molecule has 0 aromatic carbocycles. The van der Waals surface area contributed by atoms with Gasteiger partial charge in [0, 0.05) is 19.0 Å². The Morgan fingerprint density at radius 3 is 2.25 bits per heavy atom. The first-order chi connectivity index (χ1) is 7.47. The number of nitrogens with zero attached hydrogens (tertiary/aromatic N) is 2. The van der Waals surface area contributed by atoms with Gasteiger partial charge in [0.2, 0.25) is 0 Å². The molecule has 0 saturated heterocycles. The molecule has 4 heteroatoms. The summed E-state index contributed by atoms with van der Waals surface area (Å²) in [7, 11) is 1.94. The molecule has 0 unspecified atom stereocenters. The van der Waals surface area contributed by atoms with Gasteiger partial charge in [-0.3, -0.25) is 4.68 Å². The van der Waals surface area contributed by atoms with Crippen molar-refractivity contribution in [3.63, 3.8) is 0 Å². The van der Waals surface area contributed by atoms with E-state index in [-0.39, 0.29) is 5.54 Å². The number of hydrogen-bond acceptors (Lipinski definition) is 2. The normalized spacial score (nSPS) is 12.1. The predicted molar refractivity (Wildman–Crippen MR) is 68.8 cm³/mol. The van der Waals surface area contributed by atoms with Gasteiger partial charge in [-0.25, -0.2) is 0 Å². The molecule has 1 heterocycles. The Morgan fingerprint density at radius 1 is 1.31 bits per heavy atom. The largest absolute Gasteiger partial charge is 0.325 e. The number of nitrogens with two attached hydrogens (primary N) is 1. The van der Waals surface area contributed by atoms with E-state index in [4.69, 9.17) is 17.3 Å². The third-order valence-electron chi connectivity index (χ3n) is 3.43. The minimum atomic E-state index is -0.164. The Morgan fingerprint density at radius 2 is 1.88 bits per heavy atom. The van der Waals surface area contributed by atoms with Crippen LogP contribution in [0.3, 0.4) is 0 Å². The van der Waals surface area contributed by atoms with Crippen molar-refractivity contribution < 1.29 is 0 Å². The van der Waals surface area contributed by atoms with Gasteiger partial charge in [0.25, 0.3) is 0 Å². The summed E-state index contributed by atoms with van der Waals surface area (Å²) in [6.45, 7) is 6.30. The highest BCUT2D eigenvalue weighted by atomic mass is 35.5. The second-order valence-corrected chi connectivity index (χ2v) is 4.81. The molecule has 0 fully saturated rings. The van der Waals surface area contributed by atoms with Crippen molar-refractivity contribution in [3.05, 3.63) is 16.4 Å². The Labute approximate surface area is 103 Å². The minimum Gasteiger partial charge on any atom is -0.325 e. The van der Waals surface area contributed by atoms with Crippen LogP contribution in [0.25, 0.3) is 0 Å². The third-order valence-corrected chi connectivity index (χ3v) is 3.87. The van der Waals surface area contributed by atoms with Crippen molar-refractivity contribution in [1.82, 2.24) is 9.78 Å². The lowest BCUT2D eigenvalue weighted by atomic mass is 9.89. The number of aryl methyl sites for hydroxylation is 2. The topological polar surface area (TPSA) is 43.8 Å². The molecular weight excluding hydrogens is 222 g/mol. The molecular formula is C12H22ClN3. The summed E-state index contributed by atoms with van der Waals surface area (Å²) >= 11 is 6.31. The van der Waals surface area contributed by atoms with E-state index in [9.17, 15) is 0 Å². The highest BCUT2D eigenvalue weighted by Gasteiger charge is 2.25. The van der Waals surface area contributed by atoms with Crippen molar-refractivity contribution in [1.29, 1.82) is 0 Å². The highest BCUT2D eigenvalue weighted by Crippen LogP contribution is 2.26. The van der Waals surface area contributed by atoms with Crippen molar-refractivity contribution in [2.24, 2.45) is 12.8 Å². The van der Waals surface area contributed by atoms with E-state index in [0.29, 0.717) is 0 Å². The molecule has 0 radical (unpaired) electrons. The monoisotopic (exact) mass is 243 g/mol. The molecule has 1 rings (SSSR count). The van der Waals surface area contributed by atoms with Crippen LogP contribution >= 0.6 is 11.6 Å². The molecule has 1 aromatic rings. The number of hydrogen-bond donors (Lipinski definition) is 1. The summed E-state index contributed by atoms with van der Waals surface area (Å²) in [5, 5.41) is 5.20. The summed E-state index contributed by atoms with van der Waals surface area (Å²) in [6, 6.07) is 0. The van der Waals surface area contributed by atoms with Gasteiger partial charge < -0.3 is 5.73 Å². The maximum Gasteiger partial charge on any atom is 0.0850 e. The molecule has 0 bridgehead atoms. The molecule has 0 aliphatic heterocycles. The van der Waals surface area contributed by atoms with E-state index in [0.717, 1.165) is 42.1 Å². The zero-order valence-corrected chi connectivity index (χ0v) is 11.4. The maximum atomic E-state index is 6.32. The lowest BCUT2D eigenvalue weighted by molar-refractivity contribution is 0.383. The second kappa shape index (κ2) is 5.19. The van der Waals surface area contributed by atoms with Crippen LogP contribution in [0, 0.1) is 0 Å². The predicted octanol–water partition coefficient (Wildman–Crippen LogP) is 2.70. The molecule has 2 N–H and O–H groups in total. The van der Waals surface area contributed by atoms with Gasteiger partial charge in [-0.2, -0.15) is 5.10 Å². The van der Waals surface area contributed by atoms with Crippen LogP contribution < -0.4 is 5.73 Å². The molecule has 0 amide bonds. The van der Waals surface area contributed by atoms with Gasteiger partial charge in [0.05, 0.1) is 16.4 Å². The Kier molecular flexibility index (Phi) is 4.39. The molecule has 16 heavy (non-hydrogen) atoms. The summed E-state index contributed by atoms with van der Waals surface area (Å²) in [5.74, 6) is 0. The lowest BCUT2D eigenvalue weighted by Gasteiger charge is -2.26. The quantitative estimate of drug-likeness (QED) is 0.864. The van der Waals surface area contributed by atoms with Gasteiger partial charge >= 0.3 is 0 Å². The average Bonchev–Trinajstić information content (AvgIpc) is 2.56. The van der Waals surface area contributed by atoms with Crippen LogP contribution in [0.5, 0.6) is 0 Å². The lowest BCUT2D eigenvalue weighted by Crippen LogP contribution is -2.41. The van der Waals surface area contributed by atoms with E-state index in [2.05, 4.69) is 25.9 Å². The Bertz CT molecular complexity index is 353. The van der Waals surface area contributed by atoms with E-state index < -0.39 is 0 Å². The standard InChI is InChI=1S/C12H22ClN3/c1-5-9-11(13)10(16(4)15-9)8-12(14,6-2)7-3/h5-8,14H2,1-4H3. The second-order valence-electron chi connectivity index (χ2n) is 4.43. The van der Waals surface area contributed by atoms with Crippen LogP contribution in [0.15, 0.2) is 0 Å². The zero-order valence-electron chi connectivity index (χ0n) is 10.7. The van der Waals surface area contributed by atoms with E-state index in [1.54, 1.807) is 0 Å². The number of halogens is 1. The van der Waals surface area contributed by atoms with Crippen molar-refractivity contribution in [2.75, 3.05) is 0 Å². The van der Waals surface area contributed by atoms with Crippen LogP contribution in [-0.4, -0.2) is 15.3 Å². The molecule has 0 spiro atoms. The first-order valence-electron chi connectivity index (χ1n) is 5.96. The molecule has 0 aliphatic carbocycles. The van der Waals surface area contributed by atoms with Gasteiger partial charge in [-0.05, 0) is 19.3 Å². The number of rotatable bonds is 5. The first kappa shape index (κ1) is 13.5. The molecule has 92 valence electrons. The van der Waals surface area contributed by atoms with E-state index in [1.165, 1.54) is 0 Å². The number of aromatic nitrogens is 2. The Balaban J connectivity index is 3.01. The zero-order chi connectivity index (χ0) is 12.3. The molecule has 0 aliphatic rings. The van der Waals surface area contributed by atoms with Gasteiger partial charge in [0.15, 0.2) is 0 Å². The SMILES string of the molecule is CCc1nn(C)c(CC(N)(CC)CC)c1Cl. The van der Waals surface area contributed by atoms with Crippen LogP contribution in [0.4, 0.5) is 0 Å². The minimum absolute atomic E-state index is 0.164. The summed E-state index contributed by atoms with van der Waals surface area (Å²) < 4.78 is 1.87. The van der Waals surface area contributed by atoms with Gasteiger partial charge in [-0.15, -0.1) is 0 Å². The van der Waals surface area contributed by atoms with E-state index >= 15 is 0 Å². The molecule has 3 nitrogen and oxygen atoms in total. The van der Waals surface area contributed by atoms with Crippen molar-refractivity contribution in [2.45, 2.75) is 52.0 Å². The Hall–Kier alpha value is -0.540. The molecule has 0 atom stereocenters. The van der Waals surface area contributed by atoms with Crippen LogP contribution in [0.1, 0.15) is 45.0 Å². The molecule has 0 saturated carbocycles. The smallest absolute Gasteiger partial charge is 0.0850 e. The van der Waals surface area contributed by atoms with Gasteiger partial charge in [-0.1, -0.05) is 32.4 Å². The summed E-state index contributed by atoms with van der Waals surface area (Å²) in [4.78, 5) is 0. The summed E-state index contributed by atoms with van der Waals surface area (Å²) in [5.41, 5.74) is 8.18. The first-order valence-corrected chi connectivity index (χ1v) is 6.34. The van der Waals surface area contributed by atoms with E-state index in [1.807, 2.05) is 11.7 Å². The summed E-state index contributed by atoms with van der Waals surface area (Å²) in [6.07, 6.45) is 3.56. The van der Waals surface area contributed by atoms with Crippen LogP contribution in [0.2, 0.25) is 5.02 Å². The maximum absolute atomic E-state index is 6.32. The average molecular weight is 244 g/mol. The third kappa shape index (κ3) is 2.58. The highest BCUT2D eigenvalue weighted by molar-refractivity contribution is 6.31.